The van der Waals surface area contributed by atoms with Gasteiger partial charge in [-0.05, 0) is 26.0 Å². The zero-order chi connectivity index (χ0) is 16.7. The lowest BCUT2D eigenvalue weighted by Gasteiger charge is -2.12. The van der Waals surface area contributed by atoms with E-state index < -0.39 is 17.8 Å². The van der Waals surface area contributed by atoms with Crippen molar-refractivity contribution in [2.45, 2.75) is 19.9 Å². The molecule has 7 nitrogen and oxygen atoms in total. The molecule has 0 atom stereocenters. The molecule has 3 rings (SSSR count). The standard InChI is InChI=1S/C15H12ClN3O4/c1-8(2)18-12(16)11(7-17-18)15(22)23-19-13(20)9-5-3-4-6-10(9)14(19)21/h3-8H,1-2H3. The second-order valence-electron chi connectivity index (χ2n) is 5.22. The van der Waals surface area contributed by atoms with Gasteiger partial charge in [0, 0.05) is 6.04 Å². The van der Waals surface area contributed by atoms with Crippen molar-refractivity contribution in [2.24, 2.45) is 0 Å². The lowest BCUT2D eigenvalue weighted by Crippen LogP contribution is -2.32. The van der Waals surface area contributed by atoms with E-state index in [9.17, 15) is 14.4 Å². The van der Waals surface area contributed by atoms with Crippen LogP contribution in [-0.2, 0) is 4.84 Å². The predicted octanol–water partition coefficient (Wildman–Crippen LogP) is 2.49. The maximum absolute atomic E-state index is 12.2. The first-order valence-corrected chi connectivity index (χ1v) is 7.22. The number of benzene rings is 1. The Morgan fingerprint density at radius 1 is 1.17 bits per heavy atom. The summed E-state index contributed by atoms with van der Waals surface area (Å²) in [5.74, 6) is -2.30. The van der Waals surface area contributed by atoms with E-state index in [1.165, 1.54) is 23.0 Å². The SMILES string of the molecule is CC(C)n1ncc(C(=O)ON2C(=O)c3ccccc3C2=O)c1Cl. The summed E-state index contributed by atoms with van der Waals surface area (Å²) < 4.78 is 1.43. The van der Waals surface area contributed by atoms with Gasteiger partial charge in [0.05, 0.1) is 17.3 Å². The third kappa shape index (κ3) is 2.39. The third-order valence-electron chi connectivity index (χ3n) is 3.37. The predicted molar refractivity (Wildman–Crippen MR) is 80.0 cm³/mol. The molecule has 2 amide bonds. The second kappa shape index (κ2) is 5.51. The molecule has 1 aromatic heterocycles. The molecule has 8 heteroatoms. The van der Waals surface area contributed by atoms with E-state index >= 15 is 0 Å². The number of rotatable bonds is 3. The van der Waals surface area contributed by atoms with Gasteiger partial charge in [-0.15, -0.1) is 0 Å². The fourth-order valence-corrected chi connectivity index (χ4v) is 2.59. The molecule has 2 aromatic rings. The van der Waals surface area contributed by atoms with Gasteiger partial charge >= 0.3 is 5.97 Å². The average Bonchev–Trinajstić information content (AvgIpc) is 3.02. The van der Waals surface area contributed by atoms with Gasteiger partial charge in [0.15, 0.2) is 0 Å². The van der Waals surface area contributed by atoms with E-state index in [1.54, 1.807) is 12.1 Å². The van der Waals surface area contributed by atoms with Crippen molar-refractivity contribution >= 4 is 29.4 Å². The first-order chi connectivity index (χ1) is 10.9. The van der Waals surface area contributed by atoms with Crippen molar-refractivity contribution in [3.63, 3.8) is 0 Å². The highest BCUT2D eigenvalue weighted by molar-refractivity contribution is 6.32. The number of nitrogens with zero attached hydrogens (tertiary/aromatic N) is 3. The van der Waals surface area contributed by atoms with E-state index in [0.717, 1.165) is 0 Å². The summed E-state index contributed by atoms with van der Waals surface area (Å²) in [5, 5.41) is 4.51. The minimum absolute atomic E-state index is 0.0167. The van der Waals surface area contributed by atoms with E-state index in [4.69, 9.17) is 16.4 Å². The first-order valence-electron chi connectivity index (χ1n) is 6.85. The largest absolute Gasteiger partial charge is 0.368 e. The smallest absolute Gasteiger partial charge is 0.324 e. The highest BCUT2D eigenvalue weighted by Crippen LogP contribution is 2.25. The van der Waals surface area contributed by atoms with Crippen LogP contribution in [0.25, 0.3) is 0 Å². The number of carbonyl (C=O) groups excluding carboxylic acids is 3. The third-order valence-corrected chi connectivity index (χ3v) is 3.75. The molecule has 2 heterocycles. The number of aromatic nitrogens is 2. The Labute approximate surface area is 136 Å². The Kier molecular flexibility index (Phi) is 3.65. The number of amides is 2. The van der Waals surface area contributed by atoms with Crippen LogP contribution >= 0.6 is 11.6 Å². The zero-order valence-corrected chi connectivity index (χ0v) is 13.1. The fourth-order valence-electron chi connectivity index (χ4n) is 2.23. The number of imide groups is 1. The van der Waals surface area contributed by atoms with Crippen LogP contribution in [-0.4, -0.2) is 32.6 Å². The first kappa shape index (κ1) is 15.2. The number of hydrogen-bond donors (Lipinski definition) is 0. The molecular formula is C15H12ClN3O4. The number of fused-ring (bicyclic) bond motifs is 1. The number of halogens is 1. The van der Waals surface area contributed by atoms with Gasteiger partial charge in [0.2, 0.25) is 0 Å². The molecule has 0 fully saturated rings. The van der Waals surface area contributed by atoms with E-state index in [0.29, 0.717) is 5.06 Å². The van der Waals surface area contributed by atoms with Gasteiger partial charge in [0.25, 0.3) is 11.8 Å². The molecule has 0 N–H and O–H groups in total. The summed E-state index contributed by atoms with van der Waals surface area (Å²) >= 11 is 6.07. The van der Waals surface area contributed by atoms with E-state index in [1.807, 2.05) is 13.8 Å². The topological polar surface area (TPSA) is 81.5 Å². The van der Waals surface area contributed by atoms with Crippen LogP contribution in [0.1, 0.15) is 51.0 Å². The maximum Gasteiger partial charge on any atom is 0.368 e. The zero-order valence-electron chi connectivity index (χ0n) is 12.3. The van der Waals surface area contributed by atoms with Gasteiger partial charge in [-0.1, -0.05) is 28.8 Å². The van der Waals surface area contributed by atoms with Crippen molar-refractivity contribution in [3.8, 4) is 0 Å². The van der Waals surface area contributed by atoms with Gasteiger partial charge < -0.3 is 4.84 Å². The molecule has 0 bridgehead atoms. The maximum atomic E-state index is 12.2. The summed E-state index contributed by atoms with van der Waals surface area (Å²) in [6.45, 7) is 3.69. The van der Waals surface area contributed by atoms with Crippen molar-refractivity contribution in [1.29, 1.82) is 0 Å². The van der Waals surface area contributed by atoms with E-state index in [-0.39, 0.29) is 27.9 Å². The minimum atomic E-state index is -0.920. The quantitative estimate of drug-likeness (QED) is 0.806. The molecule has 118 valence electrons. The highest BCUT2D eigenvalue weighted by atomic mass is 35.5. The Morgan fingerprint density at radius 2 is 1.74 bits per heavy atom. The number of hydrogen-bond acceptors (Lipinski definition) is 5. The molecule has 23 heavy (non-hydrogen) atoms. The average molecular weight is 334 g/mol. The Hall–Kier alpha value is -2.67. The molecule has 0 aliphatic carbocycles. The van der Waals surface area contributed by atoms with Crippen LogP contribution in [0.15, 0.2) is 30.5 Å². The summed E-state index contributed by atoms with van der Waals surface area (Å²) in [6, 6.07) is 6.18. The Bertz CT molecular complexity index is 793. The second-order valence-corrected chi connectivity index (χ2v) is 5.57. The molecular weight excluding hydrogens is 322 g/mol. The molecule has 0 radical (unpaired) electrons. The number of hydroxylamine groups is 2. The summed E-state index contributed by atoms with van der Waals surface area (Å²) in [6.07, 6.45) is 1.24. The van der Waals surface area contributed by atoms with Crippen molar-refractivity contribution < 1.29 is 19.2 Å². The van der Waals surface area contributed by atoms with Crippen LogP contribution in [0.4, 0.5) is 0 Å². The summed E-state index contributed by atoms with van der Waals surface area (Å²) in [7, 11) is 0. The Balaban J connectivity index is 1.85. The van der Waals surface area contributed by atoms with Crippen LogP contribution in [0.2, 0.25) is 5.15 Å². The molecule has 0 saturated heterocycles. The van der Waals surface area contributed by atoms with Crippen LogP contribution in [0, 0.1) is 0 Å². The Morgan fingerprint density at radius 3 is 2.22 bits per heavy atom. The molecule has 1 aliphatic rings. The fraction of sp³-hybridized carbons (Fsp3) is 0.200. The summed E-state index contributed by atoms with van der Waals surface area (Å²) in [4.78, 5) is 41.4. The molecule has 0 spiro atoms. The normalized spacial score (nSPS) is 13.7. The van der Waals surface area contributed by atoms with E-state index in [2.05, 4.69) is 5.10 Å². The number of carbonyl (C=O) groups is 3. The minimum Gasteiger partial charge on any atom is -0.324 e. The van der Waals surface area contributed by atoms with Crippen molar-refractivity contribution in [2.75, 3.05) is 0 Å². The van der Waals surface area contributed by atoms with Gasteiger partial charge in [-0.25, -0.2) is 4.79 Å². The lowest BCUT2D eigenvalue weighted by molar-refractivity contribution is -0.0584. The molecule has 0 saturated carbocycles. The van der Waals surface area contributed by atoms with Crippen molar-refractivity contribution in [1.82, 2.24) is 14.8 Å². The van der Waals surface area contributed by atoms with Crippen LogP contribution in [0.3, 0.4) is 0 Å². The van der Waals surface area contributed by atoms with Gasteiger partial charge in [-0.3, -0.25) is 14.3 Å². The monoisotopic (exact) mass is 333 g/mol. The molecule has 1 aliphatic heterocycles. The van der Waals surface area contributed by atoms with Gasteiger partial charge in [0.1, 0.15) is 10.7 Å². The molecule has 0 unspecified atom stereocenters. The van der Waals surface area contributed by atoms with Crippen LogP contribution in [0.5, 0.6) is 0 Å². The summed E-state index contributed by atoms with van der Waals surface area (Å²) in [5.41, 5.74) is 0.362. The van der Waals surface area contributed by atoms with Gasteiger partial charge in [-0.2, -0.15) is 5.10 Å². The lowest BCUT2D eigenvalue weighted by atomic mass is 10.1. The van der Waals surface area contributed by atoms with Crippen LogP contribution < -0.4 is 0 Å². The highest BCUT2D eigenvalue weighted by Gasteiger charge is 2.39. The molecule has 1 aromatic carbocycles. The van der Waals surface area contributed by atoms with Crippen molar-refractivity contribution in [3.05, 3.63) is 52.3 Å².